The minimum absolute atomic E-state index is 0.138. The first-order valence-electron chi connectivity index (χ1n) is 8.75. The van der Waals surface area contributed by atoms with Crippen molar-refractivity contribution < 1.29 is 19.4 Å². The van der Waals surface area contributed by atoms with Crippen LogP contribution in [0.1, 0.15) is 36.3 Å². The van der Waals surface area contributed by atoms with E-state index < -0.39 is 23.8 Å². The lowest BCUT2D eigenvalue weighted by Gasteiger charge is -2.34. The van der Waals surface area contributed by atoms with Crippen LogP contribution in [0.4, 0.5) is 0 Å². The van der Waals surface area contributed by atoms with Crippen molar-refractivity contribution in [2.75, 3.05) is 0 Å². The van der Waals surface area contributed by atoms with Gasteiger partial charge >= 0.3 is 11.9 Å². The average molecular weight is 417 g/mol. The van der Waals surface area contributed by atoms with Crippen LogP contribution < -0.4 is 0 Å². The number of rotatable bonds is 5. The van der Waals surface area contributed by atoms with Crippen LogP contribution in [0.5, 0.6) is 0 Å². The van der Waals surface area contributed by atoms with Crippen LogP contribution in [-0.4, -0.2) is 17.0 Å². The zero-order valence-electron chi connectivity index (χ0n) is 14.3. The van der Waals surface area contributed by atoms with Crippen LogP contribution in [0.15, 0.2) is 59.1 Å². The number of hydrogen-bond donors (Lipinski definition) is 1. The van der Waals surface area contributed by atoms with E-state index in [0.717, 1.165) is 28.4 Å². The van der Waals surface area contributed by atoms with E-state index in [1.54, 1.807) is 0 Å². The molecule has 0 saturated heterocycles. The number of carboxylic acid groups (broad SMARTS) is 1. The highest BCUT2D eigenvalue weighted by Crippen LogP contribution is 2.42. The molecule has 0 aromatic heterocycles. The number of carboxylic acids is 1. The maximum absolute atomic E-state index is 12.8. The maximum atomic E-state index is 12.8. The quantitative estimate of drug-likeness (QED) is 0.712. The fraction of sp³-hybridized carbons (Fsp3) is 0.333. The van der Waals surface area contributed by atoms with Crippen molar-refractivity contribution in [3.05, 3.63) is 70.2 Å². The van der Waals surface area contributed by atoms with Gasteiger partial charge in [0.1, 0.15) is 6.61 Å². The minimum Gasteiger partial charge on any atom is -0.481 e. The van der Waals surface area contributed by atoms with Gasteiger partial charge in [-0.2, -0.15) is 0 Å². The molecule has 0 aliphatic heterocycles. The second-order valence-electron chi connectivity index (χ2n) is 6.65. The van der Waals surface area contributed by atoms with Gasteiger partial charge in [-0.3, -0.25) is 9.59 Å². The molecule has 0 heterocycles. The first kappa shape index (κ1) is 18.6. The highest BCUT2D eigenvalue weighted by Gasteiger charge is 2.43. The molecule has 4 nitrogen and oxygen atoms in total. The molecule has 1 saturated carbocycles. The Morgan fingerprint density at radius 3 is 2.38 bits per heavy atom. The Bertz CT molecular complexity index is 757. The molecular weight excluding hydrogens is 396 g/mol. The Hall–Kier alpha value is -2.14. The number of esters is 1. The first-order valence-corrected chi connectivity index (χ1v) is 9.54. The van der Waals surface area contributed by atoms with E-state index in [9.17, 15) is 14.7 Å². The summed E-state index contributed by atoms with van der Waals surface area (Å²) in [6.45, 7) is 0.162. The highest BCUT2D eigenvalue weighted by atomic mass is 79.9. The van der Waals surface area contributed by atoms with Gasteiger partial charge in [-0.15, -0.1) is 0 Å². The predicted octanol–water partition coefficient (Wildman–Crippen LogP) is 4.78. The summed E-state index contributed by atoms with van der Waals surface area (Å²) >= 11 is 3.41. The van der Waals surface area contributed by atoms with Gasteiger partial charge in [0.15, 0.2) is 0 Å². The molecule has 3 rings (SSSR count). The fourth-order valence-corrected chi connectivity index (χ4v) is 3.98. The Balaban J connectivity index is 1.82. The van der Waals surface area contributed by atoms with Crippen molar-refractivity contribution in [1.82, 2.24) is 0 Å². The fourth-order valence-electron chi connectivity index (χ4n) is 3.71. The summed E-state index contributed by atoms with van der Waals surface area (Å²) in [4.78, 5) is 24.6. The van der Waals surface area contributed by atoms with Crippen LogP contribution in [0.3, 0.4) is 0 Å². The number of halogens is 1. The molecule has 1 fully saturated rings. The van der Waals surface area contributed by atoms with Crippen LogP contribution in [0.2, 0.25) is 0 Å². The van der Waals surface area contributed by atoms with Crippen molar-refractivity contribution in [3.8, 4) is 0 Å². The lowest BCUT2D eigenvalue weighted by Crippen LogP contribution is -2.38. The topological polar surface area (TPSA) is 63.6 Å². The summed E-state index contributed by atoms with van der Waals surface area (Å²) in [5, 5.41) is 9.64. The van der Waals surface area contributed by atoms with E-state index in [0.29, 0.717) is 6.42 Å². The van der Waals surface area contributed by atoms with E-state index >= 15 is 0 Å². The molecule has 26 heavy (non-hydrogen) atoms. The molecule has 2 aromatic rings. The SMILES string of the molecule is O=C(O)C1CCCC(c2ccc(Br)cc2)C1C(=O)OCc1ccccc1. The van der Waals surface area contributed by atoms with Gasteiger partial charge < -0.3 is 9.84 Å². The zero-order valence-corrected chi connectivity index (χ0v) is 15.9. The molecule has 1 aliphatic carbocycles. The molecule has 3 atom stereocenters. The standard InChI is InChI=1S/C21H21BrO4/c22-16-11-9-15(10-12-16)17-7-4-8-18(20(23)24)19(17)21(25)26-13-14-5-2-1-3-6-14/h1-3,5-6,9-12,17-19H,4,7-8,13H2,(H,23,24). The third-order valence-electron chi connectivity index (χ3n) is 5.01. The van der Waals surface area contributed by atoms with Gasteiger partial charge in [-0.1, -0.05) is 64.8 Å². The molecule has 5 heteroatoms. The summed E-state index contributed by atoms with van der Waals surface area (Å²) in [5.41, 5.74) is 1.88. The molecule has 3 unspecified atom stereocenters. The minimum atomic E-state index is -0.923. The number of hydrogen-bond acceptors (Lipinski definition) is 3. The predicted molar refractivity (Wildman–Crippen MR) is 102 cm³/mol. The molecule has 1 aliphatic rings. The number of carbonyl (C=O) groups excluding carboxylic acids is 1. The summed E-state index contributed by atoms with van der Waals surface area (Å²) in [6, 6.07) is 17.2. The van der Waals surface area contributed by atoms with Gasteiger partial charge in [0.25, 0.3) is 0 Å². The van der Waals surface area contributed by atoms with Gasteiger partial charge in [0.2, 0.25) is 0 Å². The molecule has 0 spiro atoms. The van der Waals surface area contributed by atoms with E-state index in [1.807, 2.05) is 54.6 Å². The first-order chi connectivity index (χ1) is 12.6. The van der Waals surface area contributed by atoms with E-state index in [-0.39, 0.29) is 12.5 Å². The van der Waals surface area contributed by atoms with Gasteiger partial charge in [-0.05, 0) is 42.0 Å². The second-order valence-corrected chi connectivity index (χ2v) is 7.57. The molecule has 0 bridgehead atoms. The summed E-state index contributed by atoms with van der Waals surface area (Å²) < 4.78 is 6.47. The van der Waals surface area contributed by atoms with Crippen molar-refractivity contribution >= 4 is 27.9 Å². The molecule has 0 radical (unpaired) electrons. The molecule has 0 amide bonds. The zero-order chi connectivity index (χ0) is 18.5. The lowest BCUT2D eigenvalue weighted by atomic mass is 9.69. The number of benzene rings is 2. The Kier molecular flexibility index (Phi) is 6.09. The lowest BCUT2D eigenvalue weighted by molar-refractivity contribution is -0.161. The second kappa shape index (κ2) is 8.49. The third-order valence-corrected chi connectivity index (χ3v) is 5.54. The van der Waals surface area contributed by atoms with E-state index in [4.69, 9.17) is 4.74 Å². The van der Waals surface area contributed by atoms with E-state index in [2.05, 4.69) is 15.9 Å². The Morgan fingerprint density at radius 1 is 1.04 bits per heavy atom. The van der Waals surface area contributed by atoms with Gasteiger partial charge in [0, 0.05) is 4.47 Å². The summed E-state index contributed by atoms with van der Waals surface area (Å²) in [6.07, 6.45) is 2.09. The summed E-state index contributed by atoms with van der Waals surface area (Å²) in [5.74, 6) is -2.85. The van der Waals surface area contributed by atoms with Crippen molar-refractivity contribution in [2.45, 2.75) is 31.8 Å². The number of ether oxygens (including phenoxy) is 1. The van der Waals surface area contributed by atoms with Crippen LogP contribution in [0, 0.1) is 11.8 Å². The van der Waals surface area contributed by atoms with Crippen LogP contribution >= 0.6 is 15.9 Å². The van der Waals surface area contributed by atoms with Crippen LogP contribution in [-0.2, 0) is 20.9 Å². The molecular formula is C21H21BrO4. The smallest absolute Gasteiger partial charge is 0.310 e. The normalized spacial score (nSPS) is 22.6. The van der Waals surface area contributed by atoms with Crippen molar-refractivity contribution in [1.29, 1.82) is 0 Å². The average Bonchev–Trinajstić information content (AvgIpc) is 2.67. The van der Waals surface area contributed by atoms with E-state index in [1.165, 1.54) is 0 Å². The van der Waals surface area contributed by atoms with Crippen LogP contribution in [0.25, 0.3) is 0 Å². The largest absolute Gasteiger partial charge is 0.481 e. The molecule has 136 valence electrons. The van der Waals surface area contributed by atoms with Gasteiger partial charge in [-0.25, -0.2) is 0 Å². The van der Waals surface area contributed by atoms with Crippen molar-refractivity contribution in [2.24, 2.45) is 11.8 Å². The maximum Gasteiger partial charge on any atom is 0.310 e. The van der Waals surface area contributed by atoms with Gasteiger partial charge in [0.05, 0.1) is 11.8 Å². The monoisotopic (exact) mass is 416 g/mol. The Morgan fingerprint density at radius 2 is 1.73 bits per heavy atom. The number of aliphatic carboxylic acids is 1. The number of carbonyl (C=O) groups is 2. The third kappa shape index (κ3) is 4.33. The summed E-state index contributed by atoms with van der Waals surface area (Å²) in [7, 11) is 0. The highest BCUT2D eigenvalue weighted by molar-refractivity contribution is 9.10. The van der Waals surface area contributed by atoms with Crippen molar-refractivity contribution in [3.63, 3.8) is 0 Å². The Labute approximate surface area is 161 Å². The molecule has 1 N–H and O–H groups in total. The molecule has 2 aromatic carbocycles.